The van der Waals surface area contributed by atoms with E-state index in [0.29, 0.717) is 12.4 Å². The van der Waals surface area contributed by atoms with Crippen molar-refractivity contribution in [2.45, 2.75) is 45.1 Å². The fourth-order valence-electron chi connectivity index (χ4n) is 2.77. The number of rotatable bonds is 8. The number of ether oxygens (including phenoxy) is 1. The van der Waals surface area contributed by atoms with Crippen molar-refractivity contribution < 1.29 is 4.74 Å². The van der Waals surface area contributed by atoms with Crippen molar-refractivity contribution in [3.8, 4) is 5.75 Å². The fraction of sp³-hybridized carbons (Fsp3) is 0.588. The van der Waals surface area contributed by atoms with Gasteiger partial charge in [-0.1, -0.05) is 18.6 Å². The summed E-state index contributed by atoms with van der Waals surface area (Å²) in [4.78, 5) is 2.53. The van der Waals surface area contributed by atoms with Crippen molar-refractivity contribution in [3.05, 3.63) is 29.8 Å². The van der Waals surface area contributed by atoms with Gasteiger partial charge in [0.2, 0.25) is 0 Å². The van der Waals surface area contributed by atoms with Crippen LogP contribution in [-0.2, 0) is 6.54 Å². The molecular weight excluding hydrogens is 276 g/mol. The number of benzene rings is 1. The number of hydrogen-bond acceptors (Lipinski definition) is 4. The number of hydrogen-bond donors (Lipinski definition) is 2. The minimum absolute atomic E-state index is 0.503. The van der Waals surface area contributed by atoms with E-state index < -0.39 is 0 Å². The molecule has 4 N–H and O–H groups in total. The van der Waals surface area contributed by atoms with E-state index in [2.05, 4.69) is 28.2 Å². The summed E-state index contributed by atoms with van der Waals surface area (Å²) in [5, 5.41) is 3.46. The molecule has 1 aromatic carbocycles. The summed E-state index contributed by atoms with van der Waals surface area (Å²) >= 11 is 0. The lowest BCUT2D eigenvalue weighted by Crippen LogP contribution is -2.29. The maximum Gasteiger partial charge on any atom is 0.119 e. The van der Waals surface area contributed by atoms with Crippen LogP contribution in [0.3, 0.4) is 0 Å². The Morgan fingerprint density at radius 2 is 2.00 bits per heavy atom. The third-order valence-electron chi connectivity index (χ3n) is 4.02. The summed E-state index contributed by atoms with van der Waals surface area (Å²) in [5.74, 6) is 6.56. The van der Waals surface area contributed by atoms with Crippen LogP contribution >= 0.6 is 0 Å². The highest BCUT2D eigenvalue weighted by atomic mass is 16.5. The van der Waals surface area contributed by atoms with Gasteiger partial charge in [0.25, 0.3) is 0 Å². The summed E-state index contributed by atoms with van der Waals surface area (Å²) in [6.45, 7) is 4.16. The van der Waals surface area contributed by atoms with Gasteiger partial charge in [-0.05, 0) is 56.5 Å². The van der Waals surface area contributed by atoms with Gasteiger partial charge >= 0.3 is 0 Å². The van der Waals surface area contributed by atoms with E-state index in [1.54, 1.807) is 0 Å². The van der Waals surface area contributed by atoms with Gasteiger partial charge in [-0.2, -0.15) is 5.10 Å². The highest BCUT2D eigenvalue weighted by molar-refractivity contribution is 5.79. The Morgan fingerprint density at radius 1 is 1.18 bits per heavy atom. The number of nitrogens with two attached hydrogens (primary N) is 2. The van der Waals surface area contributed by atoms with E-state index in [1.165, 1.54) is 37.9 Å². The molecule has 1 aliphatic rings. The predicted octanol–water partition coefficient (Wildman–Crippen LogP) is 2.45. The molecule has 1 aliphatic heterocycles. The molecule has 0 amide bonds. The van der Waals surface area contributed by atoms with E-state index in [1.807, 2.05) is 6.07 Å². The molecule has 5 nitrogen and oxygen atoms in total. The summed E-state index contributed by atoms with van der Waals surface area (Å²) < 4.78 is 5.82. The van der Waals surface area contributed by atoms with Crippen LogP contribution in [0.1, 0.15) is 44.1 Å². The zero-order chi connectivity index (χ0) is 15.6. The summed E-state index contributed by atoms with van der Waals surface area (Å²) in [7, 11) is 0. The van der Waals surface area contributed by atoms with Crippen molar-refractivity contribution in [2.75, 3.05) is 19.7 Å². The first-order valence-corrected chi connectivity index (χ1v) is 8.24. The monoisotopic (exact) mass is 304 g/mol. The molecule has 0 aromatic heterocycles. The van der Waals surface area contributed by atoms with Crippen LogP contribution in [0.15, 0.2) is 29.4 Å². The number of nitrogens with zero attached hydrogens (tertiary/aromatic N) is 2. The van der Waals surface area contributed by atoms with E-state index >= 15 is 0 Å². The fourth-order valence-corrected chi connectivity index (χ4v) is 2.77. The second-order valence-electron chi connectivity index (χ2n) is 5.91. The van der Waals surface area contributed by atoms with E-state index in [4.69, 9.17) is 16.3 Å². The minimum atomic E-state index is 0.503. The second-order valence-corrected chi connectivity index (χ2v) is 5.91. The first-order chi connectivity index (χ1) is 10.8. The Balaban J connectivity index is 1.71. The lowest BCUT2D eigenvalue weighted by atomic mass is 10.1. The van der Waals surface area contributed by atoms with E-state index in [9.17, 15) is 0 Å². The lowest BCUT2D eigenvalue weighted by Gasteiger charge is -2.26. The van der Waals surface area contributed by atoms with Crippen LogP contribution in [0.5, 0.6) is 5.75 Å². The first-order valence-electron chi connectivity index (χ1n) is 8.24. The van der Waals surface area contributed by atoms with Crippen molar-refractivity contribution in [1.82, 2.24) is 4.90 Å². The molecule has 0 aliphatic carbocycles. The molecule has 1 fully saturated rings. The average molecular weight is 304 g/mol. The largest absolute Gasteiger partial charge is 0.494 e. The van der Waals surface area contributed by atoms with Gasteiger partial charge < -0.3 is 16.3 Å². The molecule has 22 heavy (non-hydrogen) atoms. The molecule has 0 atom stereocenters. The van der Waals surface area contributed by atoms with Crippen molar-refractivity contribution in [3.63, 3.8) is 0 Å². The highest BCUT2D eigenvalue weighted by Gasteiger charge is 2.10. The van der Waals surface area contributed by atoms with Gasteiger partial charge in [-0.3, -0.25) is 4.90 Å². The SMILES string of the molecule is NN=C(N)CCCCOc1cccc(CN2CCCCC2)c1. The normalized spacial score (nSPS) is 16.6. The number of unbranched alkanes of at least 4 members (excludes halogenated alkanes) is 1. The Bertz CT molecular complexity index is 469. The molecular formula is C17H28N4O. The van der Waals surface area contributed by atoms with Crippen LogP contribution < -0.4 is 16.3 Å². The maximum atomic E-state index is 5.82. The highest BCUT2D eigenvalue weighted by Crippen LogP contribution is 2.18. The van der Waals surface area contributed by atoms with Crippen LogP contribution in [0.4, 0.5) is 0 Å². The Labute approximate surface area is 133 Å². The van der Waals surface area contributed by atoms with Gasteiger partial charge in [0, 0.05) is 13.0 Å². The molecule has 1 aromatic rings. The molecule has 0 spiro atoms. The molecule has 0 bridgehead atoms. The Morgan fingerprint density at radius 3 is 2.77 bits per heavy atom. The van der Waals surface area contributed by atoms with Gasteiger partial charge in [0.15, 0.2) is 0 Å². The third kappa shape index (κ3) is 5.93. The maximum absolute atomic E-state index is 5.82. The van der Waals surface area contributed by atoms with Crippen LogP contribution in [0, 0.1) is 0 Å². The molecule has 0 radical (unpaired) electrons. The van der Waals surface area contributed by atoms with Crippen LogP contribution in [0.2, 0.25) is 0 Å². The Hall–Kier alpha value is -1.75. The summed E-state index contributed by atoms with van der Waals surface area (Å²) in [6.07, 6.45) is 6.65. The zero-order valence-corrected chi connectivity index (χ0v) is 13.3. The van der Waals surface area contributed by atoms with Gasteiger partial charge in [0.1, 0.15) is 11.6 Å². The van der Waals surface area contributed by atoms with Crippen molar-refractivity contribution in [2.24, 2.45) is 16.7 Å². The molecule has 5 heteroatoms. The van der Waals surface area contributed by atoms with Crippen LogP contribution in [0.25, 0.3) is 0 Å². The lowest BCUT2D eigenvalue weighted by molar-refractivity contribution is 0.220. The number of piperidine rings is 1. The topological polar surface area (TPSA) is 76.9 Å². The van der Waals surface area contributed by atoms with Crippen molar-refractivity contribution >= 4 is 5.84 Å². The van der Waals surface area contributed by atoms with Gasteiger partial charge in [-0.25, -0.2) is 0 Å². The third-order valence-corrected chi connectivity index (χ3v) is 4.02. The molecule has 122 valence electrons. The minimum Gasteiger partial charge on any atom is -0.494 e. The molecule has 1 heterocycles. The number of hydrazone groups is 1. The number of amidine groups is 1. The zero-order valence-electron chi connectivity index (χ0n) is 13.3. The van der Waals surface area contributed by atoms with Crippen LogP contribution in [-0.4, -0.2) is 30.4 Å². The first kappa shape index (κ1) is 16.6. The molecule has 0 unspecified atom stereocenters. The van der Waals surface area contributed by atoms with E-state index in [-0.39, 0.29) is 0 Å². The smallest absolute Gasteiger partial charge is 0.119 e. The van der Waals surface area contributed by atoms with Gasteiger partial charge in [0.05, 0.1) is 6.61 Å². The summed E-state index contributed by atoms with van der Waals surface area (Å²) in [6, 6.07) is 8.44. The number of likely N-dealkylation sites (tertiary alicyclic amines) is 1. The van der Waals surface area contributed by atoms with Crippen molar-refractivity contribution in [1.29, 1.82) is 0 Å². The summed E-state index contributed by atoms with van der Waals surface area (Å²) in [5.41, 5.74) is 6.89. The quantitative estimate of drug-likeness (QED) is 0.254. The average Bonchev–Trinajstić information content (AvgIpc) is 2.55. The molecule has 1 saturated heterocycles. The second kappa shape index (κ2) is 9.30. The molecule has 2 rings (SSSR count). The van der Waals surface area contributed by atoms with Gasteiger partial charge in [-0.15, -0.1) is 0 Å². The standard InChI is InChI=1S/C17H28N4O/c18-17(20-19)9-2-5-12-22-16-8-6-7-15(13-16)14-21-10-3-1-4-11-21/h6-8,13H,1-5,9-12,14,19H2,(H2,18,20). The predicted molar refractivity (Wildman–Crippen MR) is 90.7 cm³/mol. The van der Waals surface area contributed by atoms with E-state index in [0.717, 1.165) is 31.6 Å². The Kier molecular flexibility index (Phi) is 7.03. The molecule has 0 saturated carbocycles.